The van der Waals surface area contributed by atoms with E-state index in [2.05, 4.69) is 35.9 Å². The van der Waals surface area contributed by atoms with E-state index in [0.29, 0.717) is 13.0 Å². The highest BCUT2D eigenvalue weighted by Crippen LogP contribution is 2.65. The number of fused-ring (bicyclic) bond motifs is 1. The van der Waals surface area contributed by atoms with Crippen LogP contribution in [-0.4, -0.2) is 76.9 Å². The van der Waals surface area contributed by atoms with E-state index in [-0.39, 0.29) is 64.9 Å². The Labute approximate surface area is 225 Å². The fourth-order valence-electron chi connectivity index (χ4n) is 6.82. The summed E-state index contributed by atoms with van der Waals surface area (Å²) in [6.45, 7) is 10.4. The van der Waals surface area contributed by atoms with Crippen molar-refractivity contribution in [2.24, 2.45) is 28.6 Å². The van der Waals surface area contributed by atoms with E-state index in [1.54, 1.807) is 16.8 Å². The Bertz CT molecular complexity index is 1080. The van der Waals surface area contributed by atoms with Crippen molar-refractivity contribution >= 4 is 23.8 Å². The molecule has 2 heterocycles. The van der Waals surface area contributed by atoms with E-state index in [1.807, 2.05) is 20.8 Å². The van der Waals surface area contributed by atoms with Crippen LogP contribution in [0.25, 0.3) is 0 Å². The standard InChI is InChI=1S/C28H42N6O4/c1-26(2,3)21(31-25(38)33(6)17-7-8-17)24(37)34-14-18-19(27(18,4)5)20(34)23(36)30-16(13-29)11-15-12-28(9-10-28)32-22(15)35/h15-21H,7-12,14H2,1-6H3,(H,30,36)(H,31,38)(H,32,35). The number of urea groups is 1. The number of hydrogen-bond donors (Lipinski definition) is 3. The minimum Gasteiger partial charge on any atom is -0.350 e. The maximum Gasteiger partial charge on any atom is 0.318 e. The quantitative estimate of drug-likeness (QED) is 0.465. The van der Waals surface area contributed by atoms with Gasteiger partial charge in [0, 0.05) is 31.1 Å². The van der Waals surface area contributed by atoms with Gasteiger partial charge in [-0.25, -0.2) is 4.79 Å². The summed E-state index contributed by atoms with van der Waals surface area (Å²) < 4.78 is 0. The molecule has 0 aromatic rings. The van der Waals surface area contributed by atoms with Crippen LogP contribution in [0, 0.1) is 39.9 Å². The Morgan fingerprint density at radius 1 is 1.21 bits per heavy atom. The summed E-state index contributed by atoms with van der Waals surface area (Å²) in [5.74, 6) is -0.783. The van der Waals surface area contributed by atoms with Crippen LogP contribution in [0.4, 0.5) is 4.79 Å². The summed E-state index contributed by atoms with van der Waals surface area (Å²) in [5, 5.41) is 18.7. The number of rotatable bonds is 7. The van der Waals surface area contributed by atoms with Crippen LogP contribution in [0.3, 0.4) is 0 Å². The molecule has 5 fully saturated rings. The van der Waals surface area contributed by atoms with Gasteiger partial charge in [-0.3, -0.25) is 14.4 Å². The molecule has 2 aliphatic heterocycles. The minimum atomic E-state index is -0.810. The second-order valence-electron chi connectivity index (χ2n) is 14.1. The third kappa shape index (κ3) is 4.73. The third-order valence-electron chi connectivity index (χ3n) is 9.80. The van der Waals surface area contributed by atoms with Crippen LogP contribution < -0.4 is 16.0 Å². The predicted molar refractivity (Wildman–Crippen MR) is 139 cm³/mol. The molecule has 10 heteroatoms. The van der Waals surface area contributed by atoms with Crippen molar-refractivity contribution in [3.8, 4) is 6.07 Å². The maximum atomic E-state index is 14.0. The Kier molecular flexibility index (Phi) is 6.23. The number of hydrogen-bond acceptors (Lipinski definition) is 5. The van der Waals surface area contributed by atoms with E-state index in [1.165, 1.54) is 0 Å². The van der Waals surface area contributed by atoms with E-state index >= 15 is 0 Å². The summed E-state index contributed by atoms with van der Waals surface area (Å²) in [6.07, 6.45) is 4.84. The molecule has 2 saturated heterocycles. The van der Waals surface area contributed by atoms with E-state index in [0.717, 1.165) is 25.7 Å². The number of nitrogens with one attached hydrogen (secondary N) is 3. The van der Waals surface area contributed by atoms with Crippen molar-refractivity contribution < 1.29 is 19.2 Å². The number of carbonyl (C=O) groups excluding carboxylic acids is 4. The normalized spacial score (nSPS) is 31.5. The van der Waals surface area contributed by atoms with Crippen molar-refractivity contribution in [1.82, 2.24) is 25.8 Å². The first-order chi connectivity index (χ1) is 17.7. The molecule has 0 radical (unpaired) electrons. The van der Waals surface area contributed by atoms with Gasteiger partial charge >= 0.3 is 6.03 Å². The van der Waals surface area contributed by atoms with Gasteiger partial charge < -0.3 is 25.8 Å². The smallest absolute Gasteiger partial charge is 0.318 e. The minimum absolute atomic E-state index is 0.0132. The molecule has 5 rings (SSSR count). The average molecular weight is 527 g/mol. The molecule has 0 aromatic heterocycles. The zero-order valence-corrected chi connectivity index (χ0v) is 23.5. The van der Waals surface area contributed by atoms with Gasteiger partial charge in [-0.1, -0.05) is 34.6 Å². The molecule has 10 nitrogen and oxygen atoms in total. The Hall–Kier alpha value is -2.83. The molecule has 208 valence electrons. The molecule has 5 aliphatic rings. The van der Waals surface area contributed by atoms with Gasteiger partial charge in [-0.15, -0.1) is 0 Å². The van der Waals surface area contributed by atoms with E-state index < -0.39 is 23.5 Å². The number of nitrogens with zero attached hydrogens (tertiary/aromatic N) is 3. The molecule has 3 N–H and O–H groups in total. The van der Waals surface area contributed by atoms with Crippen LogP contribution in [-0.2, 0) is 14.4 Å². The molecule has 0 bridgehead atoms. The van der Waals surface area contributed by atoms with Crippen molar-refractivity contribution in [3.05, 3.63) is 0 Å². The zero-order valence-electron chi connectivity index (χ0n) is 23.5. The highest BCUT2D eigenvalue weighted by atomic mass is 16.2. The molecular weight excluding hydrogens is 484 g/mol. The lowest BCUT2D eigenvalue weighted by atomic mass is 9.85. The second-order valence-corrected chi connectivity index (χ2v) is 14.1. The Morgan fingerprint density at radius 3 is 2.39 bits per heavy atom. The van der Waals surface area contributed by atoms with Gasteiger partial charge in [-0.05, 0) is 61.2 Å². The summed E-state index contributed by atoms with van der Waals surface area (Å²) in [6, 6.07) is -0.217. The number of likely N-dealkylation sites (tertiary alicyclic amines) is 1. The Balaban J connectivity index is 1.30. The molecule has 1 spiro atoms. The molecule has 5 amide bonds. The van der Waals surface area contributed by atoms with Crippen LogP contribution >= 0.6 is 0 Å². The molecule has 3 aliphatic carbocycles. The molecule has 0 aromatic carbocycles. The largest absolute Gasteiger partial charge is 0.350 e. The molecule has 38 heavy (non-hydrogen) atoms. The zero-order chi connectivity index (χ0) is 27.8. The third-order valence-corrected chi connectivity index (χ3v) is 9.80. The molecule has 6 atom stereocenters. The Morgan fingerprint density at radius 2 is 1.87 bits per heavy atom. The van der Waals surface area contributed by atoms with Crippen LogP contribution in [0.5, 0.6) is 0 Å². The highest BCUT2D eigenvalue weighted by molar-refractivity contribution is 5.94. The van der Waals surface area contributed by atoms with Crippen LogP contribution in [0.15, 0.2) is 0 Å². The first-order valence-corrected chi connectivity index (χ1v) is 14.0. The van der Waals surface area contributed by atoms with E-state index in [4.69, 9.17) is 0 Å². The van der Waals surface area contributed by atoms with Gasteiger partial charge in [0.25, 0.3) is 0 Å². The first-order valence-electron chi connectivity index (χ1n) is 14.0. The average Bonchev–Trinajstić information content (AvgIpc) is 3.78. The summed E-state index contributed by atoms with van der Waals surface area (Å²) in [7, 11) is 1.75. The van der Waals surface area contributed by atoms with Crippen molar-refractivity contribution in [2.75, 3.05) is 13.6 Å². The SMILES string of the molecule is CN(C(=O)NC(C(=O)N1CC2C(C1C(=O)NC(C#N)CC1CC3(CC3)NC1=O)C2(C)C)C(C)(C)C)C1CC1. The topological polar surface area (TPSA) is 135 Å². The summed E-state index contributed by atoms with van der Waals surface area (Å²) >= 11 is 0. The summed E-state index contributed by atoms with van der Waals surface area (Å²) in [5.41, 5.74) is -0.743. The number of nitriles is 1. The van der Waals surface area contributed by atoms with Crippen molar-refractivity contribution in [2.45, 2.75) is 103 Å². The van der Waals surface area contributed by atoms with Crippen molar-refractivity contribution in [3.63, 3.8) is 0 Å². The van der Waals surface area contributed by atoms with E-state index in [9.17, 15) is 24.4 Å². The fraction of sp³-hybridized carbons (Fsp3) is 0.821. The van der Waals surface area contributed by atoms with Gasteiger partial charge in [0.05, 0.1) is 6.07 Å². The van der Waals surface area contributed by atoms with Gasteiger partial charge in [0.15, 0.2) is 0 Å². The first kappa shape index (κ1) is 26.8. The molecule has 6 unspecified atom stereocenters. The van der Waals surface area contributed by atoms with Gasteiger partial charge in [0.2, 0.25) is 17.7 Å². The lowest BCUT2D eigenvalue weighted by Crippen LogP contribution is -2.61. The second kappa shape index (κ2) is 8.85. The lowest BCUT2D eigenvalue weighted by Gasteiger charge is -2.38. The summed E-state index contributed by atoms with van der Waals surface area (Å²) in [4.78, 5) is 56.3. The monoisotopic (exact) mass is 526 g/mol. The number of carbonyl (C=O) groups is 4. The fourth-order valence-corrected chi connectivity index (χ4v) is 6.82. The number of piperidine rings is 1. The maximum absolute atomic E-state index is 14.0. The van der Waals surface area contributed by atoms with Crippen LogP contribution in [0.2, 0.25) is 0 Å². The lowest BCUT2D eigenvalue weighted by molar-refractivity contribution is -0.144. The van der Waals surface area contributed by atoms with Gasteiger partial charge in [-0.2, -0.15) is 5.26 Å². The molecular formula is C28H42N6O4. The van der Waals surface area contributed by atoms with Gasteiger partial charge in [0.1, 0.15) is 18.1 Å². The predicted octanol–water partition coefficient (Wildman–Crippen LogP) is 1.76. The van der Waals surface area contributed by atoms with Crippen LogP contribution in [0.1, 0.15) is 73.1 Å². The molecule has 3 saturated carbocycles. The van der Waals surface area contributed by atoms with Crippen molar-refractivity contribution in [1.29, 1.82) is 5.26 Å². The number of amides is 5. The highest BCUT2D eigenvalue weighted by Gasteiger charge is 2.70.